The van der Waals surface area contributed by atoms with Crippen molar-refractivity contribution < 1.29 is 23.9 Å². The highest BCUT2D eigenvalue weighted by molar-refractivity contribution is 8.15. The lowest BCUT2D eigenvalue weighted by Crippen LogP contribution is -2.29. The lowest BCUT2D eigenvalue weighted by Gasteiger charge is -2.22. The van der Waals surface area contributed by atoms with Gasteiger partial charge < -0.3 is 35.0 Å². The van der Waals surface area contributed by atoms with Crippen LogP contribution in [0.5, 0.6) is 0 Å². The molecule has 4 N–H and O–H groups in total. The molecule has 6 heterocycles. The van der Waals surface area contributed by atoms with Crippen LogP contribution < -0.4 is 10.6 Å². The summed E-state index contributed by atoms with van der Waals surface area (Å²) < 4.78 is 10.8. The van der Waals surface area contributed by atoms with Gasteiger partial charge in [0.1, 0.15) is 10.1 Å². The Kier molecular flexibility index (Phi) is 10.5. The Labute approximate surface area is 316 Å². The molecule has 3 atom stereocenters. The van der Waals surface area contributed by atoms with Gasteiger partial charge in [0.05, 0.1) is 58.7 Å². The number of fused-ring (bicyclic) bond motifs is 2. The van der Waals surface area contributed by atoms with Crippen LogP contribution in [-0.2, 0) is 23.9 Å². The van der Waals surface area contributed by atoms with E-state index in [4.69, 9.17) is 19.5 Å². The monoisotopic (exact) mass is 755 g/mol. The molecule has 8 rings (SSSR count). The van der Waals surface area contributed by atoms with E-state index in [2.05, 4.69) is 70.0 Å². The molecule has 4 aromatic rings. The lowest BCUT2D eigenvalue weighted by atomic mass is 10.0. The van der Waals surface area contributed by atoms with Crippen molar-refractivity contribution >= 4 is 84.6 Å². The number of carbonyl (C=O) groups excluding carboxylic acids is 3. The molecule has 53 heavy (non-hydrogen) atoms. The second-order valence-electron chi connectivity index (χ2n) is 14.5. The Balaban J connectivity index is 0.844. The van der Waals surface area contributed by atoms with Crippen molar-refractivity contribution in [1.82, 2.24) is 14.9 Å². The fourth-order valence-corrected chi connectivity index (χ4v) is 9.62. The van der Waals surface area contributed by atoms with Crippen molar-refractivity contribution in [3.63, 3.8) is 0 Å². The first kappa shape index (κ1) is 35.7. The number of anilines is 2. The molecule has 2 aromatic carbocycles. The van der Waals surface area contributed by atoms with Crippen molar-refractivity contribution in [2.75, 3.05) is 55.0 Å². The molecule has 4 aliphatic heterocycles. The average molecular weight is 756 g/mol. The summed E-state index contributed by atoms with van der Waals surface area (Å²) in [6, 6.07) is 14.4. The molecule has 278 valence electrons. The van der Waals surface area contributed by atoms with Crippen molar-refractivity contribution in [2.45, 2.75) is 64.1 Å². The largest absolute Gasteiger partial charge is 0.393 e. The summed E-state index contributed by atoms with van der Waals surface area (Å²) in [6.07, 6.45) is 3.14. The molecular weight excluding hydrogens is 711 g/mol. The van der Waals surface area contributed by atoms with Crippen LogP contribution in [0.15, 0.2) is 52.4 Å². The number of nitrogens with zero attached hydrogens (tertiary/aromatic N) is 3. The third-order valence-corrected chi connectivity index (χ3v) is 12.7. The van der Waals surface area contributed by atoms with Gasteiger partial charge in [0.2, 0.25) is 5.91 Å². The summed E-state index contributed by atoms with van der Waals surface area (Å²) in [5, 5.41) is 11.1. The molecule has 2 saturated heterocycles. The molecule has 0 saturated carbocycles. The van der Waals surface area contributed by atoms with Gasteiger partial charge >= 0.3 is 11.9 Å². The second kappa shape index (κ2) is 15.6. The smallest absolute Gasteiger partial charge is 0.315 e. The molecule has 0 aliphatic carbocycles. The number of hydrogen-bond donors (Lipinski definition) is 4. The van der Waals surface area contributed by atoms with E-state index in [1.165, 1.54) is 0 Å². The van der Waals surface area contributed by atoms with Crippen LogP contribution in [0, 0.1) is 12.8 Å². The predicted octanol–water partition coefficient (Wildman–Crippen LogP) is 6.10. The van der Waals surface area contributed by atoms with E-state index < -0.39 is 11.9 Å². The van der Waals surface area contributed by atoms with Crippen LogP contribution in [0.2, 0.25) is 0 Å². The average Bonchev–Trinajstić information content (AvgIpc) is 3.97. The van der Waals surface area contributed by atoms with E-state index in [0.29, 0.717) is 24.0 Å². The maximum Gasteiger partial charge on any atom is 0.315 e. The number of ether oxygens (including phenoxy) is 2. The van der Waals surface area contributed by atoms with Gasteiger partial charge in [-0.3, -0.25) is 24.4 Å². The predicted molar refractivity (Wildman–Crippen MR) is 214 cm³/mol. The lowest BCUT2D eigenvalue weighted by molar-refractivity contribution is -0.159. The first-order valence-corrected chi connectivity index (χ1v) is 20.5. The standard InChI is InChI=1S/C39H45N7O5S2/c1-22-12-26-15-33(45-37(26)31(13-22)41-27-6-9-46(19-27)23(2)47)39-43-29(21-53-39)17-35(49)51-34(48)16-28-20-52-38(42-28)32-14-25-4-3-5-30(36(25)44-32)40-18-24-7-10-50-11-8-24/h3-5,12-15,24,27-29,40-41,44-45H,6-11,16-21H2,1-2H3. The number of nitrogens with one attached hydrogen (secondary N) is 4. The molecule has 12 nitrogen and oxygen atoms in total. The maximum atomic E-state index is 12.8. The number of likely N-dealkylation sites (tertiary alicyclic amines) is 1. The molecule has 4 aliphatic rings. The minimum Gasteiger partial charge on any atom is -0.393 e. The van der Waals surface area contributed by atoms with Crippen LogP contribution in [0.1, 0.15) is 56.0 Å². The van der Waals surface area contributed by atoms with Crippen molar-refractivity contribution in [3.8, 4) is 0 Å². The quantitative estimate of drug-likeness (QED) is 0.105. The summed E-state index contributed by atoms with van der Waals surface area (Å²) in [5.41, 5.74) is 7.08. The number of aliphatic imine (C=N–C) groups is 2. The number of aromatic amines is 2. The SMILES string of the molecule is CC(=O)N1CCC(Nc2cc(C)cc3cc(C4=NC(CC(=O)OC(=O)CC5CSC(c6cc7cccc(NCC8CCOCC8)c7[nH]6)=N5)CS4)[nH]c23)C1. The number of H-pyrrole nitrogens is 2. The summed E-state index contributed by atoms with van der Waals surface area (Å²) >= 11 is 3.20. The van der Waals surface area contributed by atoms with Gasteiger partial charge in [-0.05, 0) is 68.0 Å². The topological polar surface area (TPSA) is 153 Å². The maximum absolute atomic E-state index is 12.8. The van der Waals surface area contributed by atoms with E-state index in [9.17, 15) is 14.4 Å². The minimum absolute atomic E-state index is 0.0383. The number of para-hydroxylation sites is 1. The van der Waals surface area contributed by atoms with Crippen LogP contribution in [-0.4, -0.2) is 105 Å². The second-order valence-corrected chi connectivity index (χ2v) is 16.5. The fourth-order valence-electron chi connectivity index (χ4n) is 7.56. The number of esters is 2. The zero-order valence-corrected chi connectivity index (χ0v) is 31.7. The van der Waals surface area contributed by atoms with E-state index in [-0.39, 0.29) is 36.9 Å². The first-order valence-electron chi connectivity index (χ1n) is 18.5. The van der Waals surface area contributed by atoms with E-state index in [1.807, 2.05) is 4.90 Å². The van der Waals surface area contributed by atoms with Crippen LogP contribution in [0.4, 0.5) is 11.4 Å². The number of aryl methyl sites for hydroxylation is 1. The van der Waals surface area contributed by atoms with Gasteiger partial charge in [0.15, 0.2) is 0 Å². The van der Waals surface area contributed by atoms with Crippen LogP contribution >= 0.6 is 23.5 Å². The Morgan fingerprint density at radius 3 is 2.21 bits per heavy atom. The highest BCUT2D eigenvalue weighted by atomic mass is 32.2. The van der Waals surface area contributed by atoms with E-state index >= 15 is 0 Å². The highest BCUT2D eigenvalue weighted by Crippen LogP contribution is 2.33. The van der Waals surface area contributed by atoms with Crippen molar-refractivity contribution in [1.29, 1.82) is 0 Å². The van der Waals surface area contributed by atoms with Crippen LogP contribution in [0.3, 0.4) is 0 Å². The molecule has 0 radical (unpaired) electrons. The first-order chi connectivity index (χ1) is 25.7. The molecule has 2 fully saturated rings. The van der Waals surface area contributed by atoms with Gasteiger partial charge in [-0.25, -0.2) is 0 Å². The summed E-state index contributed by atoms with van der Waals surface area (Å²) in [6.45, 7) is 7.71. The van der Waals surface area contributed by atoms with Gasteiger partial charge in [-0.15, -0.1) is 23.5 Å². The molecule has 0 spiro atoms. The Hall–Kier alpha value is -4.27. The number of amides is 1. The molecular formula is C39H45N7O5S2. The summed E-state index contributed by atoms with van der Waals surface area (Å²) in [5.74, 6) is 0.865. The molecule has 0 bridgehead atoms. The molecule has 14 heteroatoms. The minimum atomic E-state index is -0.563. The van der Waals surface area contributed by atoms with Crippen LogP contribution in [0.25, 0.3) is 21.8 Å². The van der Waals surface area contributed by atoms with Crippen molar-refractivity contribution in [2.24, 2.45) is 15.9 Å². The van der Waals surface area contributed by atoms with Gasteiger partial charge in [0.25, 0.3) is 0 Å². The highest BCUT2D eigenvalue weighted by Gasteiger charge is 2.29. The zero-order valence-electron chi connectivity index (χ0n) is 30.0. The third kappa shape index (κ3) is 8.29. The number of rotatable bonds is 11. The van der Waals surface area contributed by atoms with Gasteiger partial charge in [-0.2, -0.15) is 0 Å². The van der Waals surface area contributed by atoms with E-state index in [0.717, 1.165) is 106 Å². The Bertz CT molecular complexity index is 2100. The number of hydrogen-bond acceptors (Lipinski definition) is 11. The number of aromatic nitrogens is 2. The van der Waals surface area contributed by atoms with Crippen molar-refractivity contribution in [3.05, 3.63) is 59.4 Å². The number of benzene rings is 2. The fraction of sp³-hybridized carbons (Fsp3) is 0.462. The Morgan fingerprint density at radius 2 is 1.55 bits per heavy atom. The molecule has 2 aromatic heterocycles. The Morgan fingerprint density at radius 1 is 0.887 bits per heavy atom. The molecule has 1 amide bonds. The van der Waals surface area contributed by atoms with Gasteiger partial charge in [0, 0.05) is 68.1 Å². The van der Waals surface area contributed by atoms with E-state index in [1.54, 1.807) is 30.4 Å². The number of thioether (sulfide) groups is 2. The van der Waals surface area contributed by atoms with Gasteiger partial charge in [-0.1, -0.05) is 12.1 Å². The molecule has 3 unspecified atom stereocenters. The third-order valence-electron chi connectivity index (χ3n) is 10.4. The summed E-state index contributed by atoms with van der Waals surface area (Å²) in [7, 11) is 0. The zero-order chi connectivity index (χ0) is 36.5. The summed E-state index contributed by atoms with van der Waals surface area (Å²) in [4.78, 5) is 56.1. The number of carbonyl (C=O) groups is 3. The normalized spacial score (nSPS) is 22.0.